The van der Waals surface area contributed by atoms with E-state index in [9.17, 15) is 16.8 Å². The molecule has 0 bridgehead atoms. The van der Waals surface area contributed by atoms with Gasteiger partial charge in [0.15, 0.2) is 19.7 Å². The van der Waals surface area contributed by atoms with Crippen molar-refractivity contribution in [2.75, 3.05) is 32.1 Å². The second-order valence-electron chi connectivity index (χ2n) is 7.52. The molecule has 1 fully saturated rings. The lowest BCUT2D eigenvalue weighted by Gasteiger charge is -2.28. The molecule has 1 aliphatic heterocycles. The standard InChI is InChI=1S/C20H25ClN2O4S2/c1-23(2)19(15-8-10-16(21)11-9-15)12-22-18-13-28(24,25)14-20(18)29(26,27)17-6-4-3-5-7-17/h3-11,18-20,22H,12-14H2,1-2H3/t18-,19?,20-/m0/s1. The van der Waals surface area contributed by atoms with Gasteiger partial charge in [-0.1, -0.05) is 41.9 Å². The molecule has 3 atom stereocenters. The van der Waals surface area contributed by atoms with Gasteiger partial charge in [-0.2, -0.15) is 0 Å². The van der Waals surface area contributed by atoms with Crippen molar-refractivity contribution in [1.82, 2.24) is 10.2 Å². The molecule has 0 radical (unpaired) electrons. The molecule has 158 valence electrons. The Morgan fingerprint density at radius 3 is 2.28 bits per heavy atom. The smallest absolute Gasteiger partial charge is 0.183 e. The van der Waals surface area contributed by atoms with E-state index in [-0.39, 0.29) is 22.4 Å². The molecule has 1 heterocycles. The summed E-state index contributed by atoms with van der Waals surface area (Å²) >= 11 is 5.97. The molecule has 29 heavy (non-hydrogen) atoms. The Kier molecular flexibility index (Phi) is 6.70. The Balaban J connectivity index is 1.83. The summed E-state index contributed by atoms with van der Waals surface area (Å²) in [5, 5.41) is 2.85. The minimum Gasteiger partial charge on any atom is -0.310 e. The van der Waals surface area contributed by atoms with Crippen LogP contribution in [-0.2, 0) is 19.7 Å². The van der Waals surface area contributed by atoms with Gasteiger partial charge in [0.05, 0.1) is 21.7 Å². The van der Waals surface area contributed by atoms with Crippen molar-refractivity contribution < 1.29 is 16.8 Å². The van der Waals surface area contributed by atoms with E-state index in [0.717, 1.165) is 5.56 Å². The van der Waals surface area contributed by atoms with Crippen LogP contribution in [0, 0.1) is 0 Å². The average molecular weight is 457 g/mol. The molecular formula is C20H25ClN2O4S2. The average Bonchev–Trinajstić information content (AvgIpc) is 2.99. The molecule has 3 rings (SSSR count). The lowest BCUT2D eigenvalue weighted by Crippen LogP contribution is -2.46. The first-order valence-corrected chi connectivity index (χ1v) is 13.0. The summed E-state index contributed by atoms with van der Waals surface area (Å²) in [6.07, 6.45) is 0. The maximum Gasteiger partial charge on any atom is 0.183 e. The molecule has 1 aliphatic rings. The van der Waals surface area contributed by atoms with Crippen LogP contribution < -0.4 is 5.32 Å². The van der Waals surface area contributed by atoms with E-state index >= 15 is 0 Å². The molecule has 0 aromatic heterocycles. The minimum atomic E-state index is -3.77. The highest BCUT2D eigenvalue weighted by molar-refractivity contribution is 7.96. The summed E-state index contributed by atoms with van der Waals surface area (Å²) < 4.78 is 50.7. The largest absolute Gasteiger partial charge is 0.310 e. The maximum atomic E-state index is 13.1. The fraction of sp³-hybridized carbons (Fsp3) is 0.400. The fourth-order valence-electron chi connectivity index (χ4n) is 3.64. The molecule has 2 aromatic rings. The van der Waals surface area contributed by atoms with Crippen molar-refractivity contribution >= 4 is 31.3 Å². The zero-order chi connectivity index (χ0) is 21.2. The van der Waals surface area contributed by atoms with Gasteiger partial charge in [0.25, 0.3) is 0 Å². The Labute approximate surface area is 177 Å². The first kappa shape index (κ1) is 22.2. The number of hydrogen-bond acceptors (Lipinski definition) is 6. The number of halogens is 1. The van der Waals surface area contributed by atoms with Gasteiger partial charge in [-0.15, -0.1) is 0 Å². The van der Waals surface area contributed by atoms with E-state index in [2.05, 4.69) is 5.32 Å². The van der Waals surface area contributed by atoms with Crippen LogP contribution in [0.25, 0.3) is 0 Å². The highest BCUT2D eigenvalue weighted by atomic mass is 35.5. The molecule has 1 unspecified atom stereocenters. The van der Waals surface area contributed by atoms with E-state index in [1.165, 1.54) is 12.1 Å². The SMILES string of the molecule is CN(C)C(CN[C@H]1CS(=O)(=O)C[C@@H]1S(=O)(=O)c1ccccc1)c1ccc(Cl)cc1. The topological polar surface area (TPSA) is 83.6 Å². The predicted molar refractivity (Wildman–Crippen MR) is 116 cm³/mol. The Morgan fingerprint density at radius 1 is 1.07 bits per heavy atom. The molecule has 0 saturated carbocycles. The zero-order valence-electron chi connectivity index (χ0n) is 16.3. The van der Waals surface area contributed by atoms with E-state index in [1.54, 1.807) is 30.3 Å². The minimum absolute atomic E-state index is 0.0596. The summed E-state index contributed by atoms with van der Waals surface area (Å²) in [7, 11) is -3.37. The zero-order valence-corrected chi connectivity index (χ0v) is 18.7. The number of sulfone groups is 2. The second kappa shape index (κ2) is 8.73. The third-order valence-corrected chi connectivity index (χ3v) is 9.64. The third kappa shape index (κ3) is 5.19. The van der Waals surface area contributed by atoms with Crippen molar-refractivity contribution in [2.45, 2.75) is 22.2 Å². The molecular weight excluding hydrogens is 432 g/mol. The van der Waals surface area contributed by atoms with Gasteiger partial charge in [0.1, 0.15) is 0 Å². The highest BCUT2D eigenvalue weighted by Crippen LogP contribution is 2.27. The van der Waals surface area contributed by atoms with Gasteiger partial charge in [-0.25, -0.2) is 16.8 Å². The van der Waals surface area contributed by atoms with Gasteiger partial charge in [0, 0.05) is 23.7 Å². The van der Waals surface area contributed by atoms with Gasteiger partial charge in [0.2, 0.25) is 0 Å². The number of nitrogens with zero attached hydrogens (tertiary/aromatic N) is 1. The number of hydrogen-bond donors (Lipinski definition) is 1. The van der Waals surface area contributed by atoms with Crippen molar-refractivity contribution in [1.29, 1.82) is 0 Å². The lowest BCUT2D eigenvalue weighted by atomic mass is 10.1. The molecule has 1 N–H and O–H groups in total. The molecule has 0 amide bonds. The Bertz CT molecular complexity index is 1040. The molecule has 0 aliphatic carbocycles. The van der Waals surface area contributed by atoms with Gasteiger partial charge in [-0.3, -0.25) is 0 Å². The van der Waals surface area contributed by atoms with Gasteiger partial charge < -0.3 is 10.2 Å². The van der Waals surface area contributed by atoms with Crippen molar-refractivity contribution in [3.63, 3.8) is 0 Å². The number of likely N-dealkylation sites (N-methyl/N-ethyl adjacent to an activating group) is 1. The van der Waals surface area contributed by atoms with E-state index in [0.29, 0.717) is 11.6 Å². The van der Waals surface area contributed by atoms with Crippen LogP contribution in [0.15, 0.2) is 59.5 Å². The van der Waals surface area contributed by atoms with E-state index in [4.69, 9.17) is 11.6 Å². The monoisotopic (exact) mass is 456 g/mol. The number of nitrogens with one attached hydrogen (secondary N) is 1. The first-order chi connectivity index (χ1) is 13.6. The summed E-state index contributed by atoms with van der Waals surface area (Å²) in [4.78, 5) is 2.15. The summed E-state index contributed by atoms with van der Waals surface area (Å²) in [5.74, 6) is -0.556. The van der Waals surface area contributed by atoms with Crippen LogP contribution in [0.2, 0.25) is 5.02 Å². The Hall–Kier alpha value is -1.45. The van der Waals surface area contributed by atoms with E-state index < -0.39 is 31.0 Å². The molecule has 0 spiro atoms. The molecule has 1 saturated heterocycles. The lowest BCUT2D eigenvalue weighted by molar-refractivity contribution is 0.282. The van der Waals surface area contributed by atoms with Crippen LogP contribution in [0.5, 0.6) is 0 Å². The van der Waals surface area contributed by atoms with Crippen LogP contribution in [0.4, 0.5) is 0 Å². The van der Waals surface area contributed by atoms with Crippen molar-refractivity contribution in [3.8, 4) is 0 Å². The van der Waals surface area contributed by atoms with Crippen LogP contribution >= 0.6 is 11.6 Å². The van der Waals surface area contributed by atoms with Gasteiger partial charge >= 0.3 is 0 Å². The third-order valence-electron chi connectivity index (χ3n) is 5.22. The first-order valence-electron chi connectivity index (χ1n) is 9.25. The Morgan fingerprint density at radius 2 is 1.69 bits per heavy atom. The molecule has 2 aromatic carbocycles. The molecule has 6 nitrogen and oxygen atoms in total. The quantitative estimate of drug-likeness (QED) is 0.687. The number of rotatable bonds is 7. The molecule has 9 heteroatoms. The predicted octanol–water partition coefficient (Wildman–Crippen LogP) is 2.17. The maximum absolute atomic E-state index is 13.1. The van der Waals surface area contributed by atoms with Gasteiger partial charge in [-0.05, 0) is 43.9 Å². The van der Waals surface area contributed by atoms with Crippen molar-refractivity contribution in [2.24, 2.45) is 0 Å². The van der Waals surface area contributed by atoms with Crippen LogP contribution in [0.3, 0.4) is 0 Å². The van der Waals surface area contributed by atoms with Crippen molar-refractivity contribution in [3.05, 3.63) is 65.2 Å². The normalized spacial score (nSPS) is 22.6. The summed E-state index contributed by atoms with van der Waals surface area (Å²) in [6, 6.07) is 14.7. The van der Waals surface area contributed by atoms with E-state index in [1.807, 2.05) is 31.1 Å². The van der Waals surface area contributed by atoms with Crippen LogP contribution in [0.1, 0.15) is 11.6 Å². The fourth-order valence-corrected chi connectivity index (χ4v) is 8.51. The summed E-state index contributed by atoms with van der Waals surface area (Å²) in [6.45, 7) is 0.412. The number of benzene rings is 2. The van der Waals surface area contributed by atoms with Crippen LogP contribution in [-0.4, -0.2) is 65.2 Å². The highest BCUT2D eigenvalue weighted by Gasteiger charge is 2.45. The summed E-state index contributed by atoms with van der Waals surface area (Å²) in [5.41, 5.74) is 1.01. The second-order valence-corrected chi connectivity index (χ2v) is 12.3.